The second-order valence-electron chi connectivity index (χ2n) is 4.91. The van der Waals surface area contributed by atoms with Crippen molar-refractivity contribution in [1.29, 1.82) is 0 Å². The maximum absolute atomic E-state index is 10.8. The highest BCUT2D eigenvalue weighted by atomic mass is 16.3. The van der Waals surface area contributed by atoms with Crippen LogP contribution < -0.4 is 0 Å². The zero-order valence-electron chi connectivity index (χ0n) is 11.1. The fourth-order valence-electron chi connectivity index (χ4n) is 2.23. The molecule has 1 atom stereocenters. The number of hydrogen-bond donors (Lipinski definition) is 1. The number of rotatable bonds is 4. The highest BCUT2D eigenvalue weighted by molar-refractivity contribution is 5.29. The summed E-state index contributed by atoms with van der Waals surface area (Å²) < 4.78 is 0. The van der Waals surface area contributed by atoms with Crippen LogP contribution in [0.3, 0.4) is 0 Å². The van der Waals surface area contributed by atoms with Crippen LogP contribution in [0, 0.1) is 6.92 Å². The van der Waals surface area contributed by atoms with E-state index in [9.17, 15) is 5.11 Å². The minimum atomic E-state index is -0.769. The summed E-state index contributed by atoms with van der Waals surface area (Å²) in [6.07, 6.45) is 1.37. The molecule has 2 rings (SSSR count). The van der Waals surface area contributed by atoms with Crippen molar-refractivity contribution in [2.75, 3.05) is 0 Å². The smallest absolute Gasteiger partial charge is 0.0934 e. The van der Waals surface area contributed by atoms with Gasteiger partial charge in [-0.25, -0.2) is 0 Å². The van der Waals surface area contributed by atoms with Gasteiger partial charge in [-0.1, -0.05) is 67.1 Å². The van der Waals surface area contributed by atoms with E-state index in [-0.39, 0.29) is 0 Å². The van der Waals surface area contributed by atoms with Gasteiger partial charge >= 0.3 is 0 Å². The average Bonchev–Trinajstić information content (AvgIpc) is 2.40. The first kappa shape index (κ1) is 12.8. The van der Waals surface area contributed by atoms with E-state index < -0.39 is 5.60 Å². The molecule has 0 saturated carbocycles. The molecule has 0 aromatic heterocycles. The van der Waals surface area contributed by atoms with Crippen LogP contribution in [0.5, 0.6) is 0 Å². The quantitative estimate of drug-likeness (QED) is 0.861. The molecule has 1 unspecified atom stereocenters. The lowest BCUT2D eigenvalue weighted by atomic mass is 9.85. The maximum atomic E-state index is 10.8. The van der Waals surface area contributed by atoms with Crippen molar-refractivity contribution in [3.63, 3.8) is 0 Å². The normalized spacial score (nSPS) is 14.2. The standard InChI is InChI=1S/C17H20O/c1-3-17(18,13-15-7-5-4-6-8-15)16-11-9-14(2)10-12-16/h4-12,18H,3,13H2,1-2H3. The largest absolute Gasteiger partial charge is 0.385 e. The predicted molar refractivity (Wildman–Crippen MR) is 75.5 cm³/mol. The van der Waals surface area contributed by atoms with Crippen LogP contribution in [0.15, 0.2) is 54.6 Å². The molecule has 1 heteroatoms. The van der Waals surface area contributed by atoms with Crippen molar-refractivity contribution in [1.82, 2.24) is 0 Å². The Morgan fingerprint density at radius 2 is 1.56 bits per heavy atom. The van der Waals surface area contributed by atoms with Crippen LogP contribution in [0.25, 0.3) is 0 Å². The third-order valence-corrected chi connectivity index (χ3v) is 3.51. The second kappa shape index (κ2) is 5.36. The molecule has 1 N–H and O–H groups in total. The molecule has 0 saturated heterocycles. The average molecular weight is 240 g/mol. The van der Waals surface area contributed by atoms with Crippen molar-refractivity contribution >= 4 is 0 Å². The molecular formula is C17H20O. The SMILES string of the molecule is CCC(O)(Cc1ccccc1)c1ccc(C)cc1. The fourth-order valence-corrected chi connectivity index (χ4v) is 2.23. The Hall–Kier alpha value is -1.60. The lowest BCUT2D eigenvalue weighted by Crippen LogP contribution is -2.27. The van der Waals surface area contributed by atoms with Crippen molar-refractivity contribution in [2.45, 2.75) is 32.3 Å². The Balaban J connectivity index is 2.28. The third kappa shape index (κ3) is 2.80. The van der Waals surface area contributed by atoms with Crippen LogP contribution in [0.1, 0.15) is 30.0 Å². The minimum Gasteiger partial charge on any atom is -0.385 e. The van der Waals surface area contributed by atoms with Gasteiger partial charge in [0.25, 0.3) is 0 Å². The van der Waals surface area contributed by atoms with Crippen molar-refractivity contribution in [3.8, 4) is 0 Å². The summed E-state index contributed by atoms with van der Waals surface area (Å²) in [6, 6.07) is 18.3. The summed E-state index contributed by atoms with van der Waals surface area (Å²) in [7, 11) is 0. The number of hydrogen-bond acceptors (Lipinski definition) is 1. The lowest BCUT2D eigenvalue weighted by Gasteiger charge is -2.27. The van der Waals surface area contributed by atoms with Crippen LogP contribution in [-0.4, -0.2) is 5.11 Å². The molecule has 0 fully saturated rings. The van der Waals surface area contributed by atoms with Crippen LogP contribution in [0.2, 0.25) is 0 Å². The molecule has 2 aromatic carbocycles. The Bertz CT molecular complexity index is 487. The first-order chi connectivity index (χ1) is 8.64. The predicted octanol–water partition coefficient (Wildman–Crippen LogP) is 3.84. The Labute approximate surface area is 109 Å². The van der Waals surface area contributed by atoms with Crippen LogP contribution in [0.4, 0.5) is 0 Å². The third-order valence-electron chi connectivity index (χ3n) is 3.51. The Morgan fingerprint density at radius 1 is 0.944 bits per heavy atom. The van der Waals surface area contributed by atoms with E-state index in [0.717, 1.165) is 5.56 Å². The van der Waals surface area contributed by atoms with Gasteiger partial charge in [0.05, 0.1) is 5.60 Å². The molecule has 0 amide bonds. The molecule has 0 aliphatic rings. The lowest BCUT2D eigenvalue weighted by molar-refractivity contribution is 0.0327. The van der Waals surface area contributed by atoms with Gasteiger partial charge in [-0.15, -0.1) is 0 Å². The second-order valence-corrected chi connectivity index (χ2v) is 4.91. The first-order valence-corrected chi connectivity index (χ1v) is 6.47. The molecule has 2 aromatic rings. The topological polar surface area (TPSA) is 20.2 Å². The Morgan fingerprint density at radius 3 is 2.11 bits per heavy atom. The highest BCUT2D eigenvalue weighted by Crippen LogP contribution is 2.29. The zero-order chi connectivity index (χ0) is 13.0. The maximum Gasteiger partial charge on any atom is 0.0934 e. The van der Waals surface area contributed by atoms with Crippen LogP contribution in [-0.2, 0) is 12.0 Å². The first-order valence-electron chi connectivity index (χ1n) is 6.47. The minimum absolute atomic E-state index is 0.660. The molecule has 1 nitrogen and oxygen atoms in total. The number of aliphatic hydroxyl groups is 1. The molecule has 0 heterocycles. The summed E-state index contributed by atoms with van der Waals surface area (Å²) in [5.74, 6) is 0. The van der Waals surface area contributed by atoms with Gasteiger partial charge in [0.1, 0.15) is 0 Å². The summed E-state index contributed by atoms with van der Waals surface area (Å²) in [5, 5.41) is 10.8. The molecule has 94 valence electrons. The highest BCUT2D eigenvalue weighted by Gasteiger charge is 2.27. The summed E-state index contributed by atoms with van der Waals surface area (Å²) in [4.78, 5) is 0. The molecule has 0 aliphatic heterocycles. The van der Waals surface area contributed by atoms with E-state index >= 15 is 0 Å². The molecule has 0 bridgehead atoms. The zero-order valence-corrected chi connectivity index (χ0v) is 11.1. The van der Waals surface area contributed by atoms with Gasteiger partial charge in [-0.2, -0.15) is 0 Å². The number of benzene rings is 2. The number of aryl methyl sites for hydroxylation is 1. The van der Waals surface area contributed by atoms with Crippen molar-refractivity contribution in [3.05, 3.63) is 71.3 Å². The molecule has 18 heavy (non-hydrogen) atoms. The molecule has 0 spiro atoms. The van der Waals surface area contributed by atoms with Crippen molar-refractivity contribution in [2.24, 2.45) is 0 Å². The van der Waals surface area contributed by atoms with Crippen molar-refractivity contribution < 1.29 is 5.11 Å². The summed E-state index contributed by atoms with van der Waals surface area (Å²) >= 11 is 0. The van der Waals surface area contributed by atoms with Gasteiger partial charge in [-0.3, -0.25) is 0 Å². The van der Waals surface area contributed by atoms with E-state index in [4.69, 9.17) is 0 Å². The van der Waals surface area contributed by atoms with Gasteiger partial charge in [-0.05, 0) is 24.5 Å². The van der Waals surface area contributed by atoms with E-state index in [0.29, 0.717) is 12.8 Å². The molecule has 0 aliphatic carbocycles. The van der Waals surface area contributed by atoms with Crippen LogP contribution >= 0.6 is 0 Å². The van der Waals surface area contributed by atoms with Gasteiger partial charge in [0, 0.05) is 6.42 Å². The van der Waals surface area contributed by atoms with Gasteiger partial charge < -0.3 is 5.11 Å². The van der Waals surface area contributed by atoms with E-state index in [1.165, 1.54) is 11.1 Å². The Kier molecular flexibility index (Phi) is 3.83. The molecular weight excluding hydrogens is 220 g/mol. The molecule has 0 radical (unpaired) electrons. The summed E-state index contributed by atoms with van der Waals surface area (Å²) in [5.41, 5.74) is 2.62. The van der Waals surface area contributed by atoms with Gasteiger partial charge in [0.15, 0.2) is 0 Å². The monoisotopic (exact) mass is 240 g/mol. The summed E-state index contributed by atoms with van der Waals surface area (Å²) in [6.45, 7) is 4.09. The van der Waals surface area contributed by atoms with Gasteiger partial charge in [0.2, 0.25) is 0 Å². The fraction of sp³-hybridized carbons (Fsp3) is 0.294. The van der Waals surface area contributed by atoms with E-state index in [1.54, 1.807) is 0 Å². The van der Waals surface area contributed by atoms with E-state index in [1.807, 2.05) is 37.3 Å². The van der Waals surface area contributed by atoms with E-state index in [2.05, 4.69) is 31.2 Å².